The number of rotatable bonds is 6. The van der Waals surface area contributed by atoms with Gasteiger partial charge in [-0.2, -0.15) is 28.4 Å². The number of halogens is 3. The highest BCUT2D eigenvalue weighted by Gasteiger charge is 2.61. The van der Waals surface area contributed by atoms with E-state index in [0.717, 1.165) is 23.7 Å². The molecule has 0 saturated carbocycles. The Morgan fingerprint density at radius 1 is 1.37 bits per heavy atom. The van der Waals surface area contributed by atoms with Gasteiger partial charge in [-0.1, -0.05) is 25.6 Å². The number of aliphatic hydroxyl groups is 1. The molecular weight excluding hydrogens is 423 g/mol. The lowest BCUT2D eigenvalue weighted by atomic mass is 10.1. The van der Waals surface area contributed by atoms with Crippen molar-refractivity contribution in [1.29, 1.82) is 0 Å². The van der Waals surface area contributed by atoms with E-state index in [2.05, 4.69) is 20.4 Å². The molecule has 164 valence electrons. The SMILES string of the molecule is Cc1cc(-c2nnc(SCC(=O)N3N=CCC3(O)C(F)(F)F)n2CC(C)C)nn1C. The molecule has 13 heteroatoms. The van der Waals surface area contributed by atoms with Crippen LogP contribution in [-0.2, 0) is 18.4 Å². The predicted octanol–water partition coefficient (Wildman–Crippen LogP) is 2.20. The molecule has 0 spiro atoms. The molecule has 0 radical (unpaired) electrons. The van der Waals surface area contributed by atoms with Crippen LogP contribution >= 0.6 is 11.8 Å². The molecule has 1 aliphatic rings. The number of nitrogens with zero attached hydrogens (tertiary/aromatic N) is 7. The zero-order valence-electron chi connectivity index (χ0n) is 16.9. The lowest BCUT2D eigenvalue weighted by Crippen LogP contribution is -2.56. The minimum absolute atomic E-state index is 0.0895. The van der Waals surface area contributed by atoms with Crippen LogP contribution < -0.4 is 0 Å². The summed E-state index contributed by atoms with van der Waals surface area (Å²) in [5.41, 5.74) is -1.80. The van der Waals surface area contributed by atoms with Crippen molar-refractivity contribution >= 4 is 23.9 Å². The van der Waals surface area contributed by atoms with Crippen LogP contribution in [0, 0.1) is 12.8 Å². The van der Waals surface area contributed by atoms with Gasteiger partial charge in [0.2, 0.25) is 0 Å². The van der Waals surface area contributed by atoms with E-state index in [1.165, 1.54) is 0 Å². The van der Waals surface area contributed by atoms with Crippen molar-refractivity contribution in [2.75, 3.05) is 5.75 Å². The van der Waals surface area contributed by atoms with Crippen LogP contribution in [0.25, 0.3) is 11.5 Å². The highest BCUT2D eigenvalue weighted by Crippen LogP contribution is 2.39. The Morgan fingerprint density at radius 2 is 2.07 bits per heavy atom. The van der Waals surface area contributed by atoms with Gasteiger partial charge >= 0.3 is 6.18 Å². The van der Waals surface area contributed by atoms with Crippen molar-refractivity contribution in [1.82, 2.24) is 29.6 Å². The fourth-order valence-corrected chi connectivity index (χ4v) is 3.70. The third-order valence-electron chi connectivity index (χ3n) is 4.55. The molecule has 30 heavy (non-hydrogen) atoms. The Balaban J connectivity index is 1.81. The van der Waals surface area contributed by atoms with Gasteiger partial charge in [0.15, 0.2) is 11.0 Å². The van der Waals surface area contributed by atoms with Crippen molar-refractivity contribution in [3.05, 3.63) is 11.8 Å². The average Bonchev–Trinajstić information content (AvgIpc) is 3.31. The quantitative estimate of drug-likeness (QED) is 0.684. The molecule has 0 aliphatic carbocycles. The van der Waals surface area contributed by atoms with Crippen LogP contribution in [0.4, 0.5) is 13.2 Å². The third-order valence-corrected chi connectivity index (χ3v) is 5.50. The Hall–Kier alpha value is -2.41. The number of aryl methyl sites for hydroxylation is 2. The normalized spacial score (nSPS) is 19.3. The maximum atomic E-state index is 13.2. The summed E-state index contributed by atoms with van der Waals surface area (Å²) in [5, 5.41) is 26.5. The second-order valence-electron chi connectivity index (χ2n) is 7.42. The molecule has 1 aliphatic heterocycles. The van der Waals surface area contributed by atoms with Gasteiger partial charge < -0.3 is 9.67 Å². The zero-order valence-corrected chi connectivity index (χ0v) is 17.7. The van der Waals surface area contributed by atoms with Gasteiger partial charge in [-0.25, -0.2) is 0 Å². The summed E-state index contributed by atoms with van der Waals surface area (Å²) < 4.78 is 43.0. The first-order valence-corrected chi connectivity index (χ1v) is 10.1. The Labute approximate surface area is 174 Å². The van der Waals surface area contributed by atoms with Gasteiger partial charge in [0.25, 0.3) is 11.6 Å². The van der Waals surface area contributed by atoms with E-state index in [1.54, 1.807) is 16.3 Å². The van der Waals surface area contributed by atoms with Gasteiger partial charge in [-0.3, -0.25) is 9.48 Å². The van der Waals surface area contributed by atoms with E-state index in [9.17, 15) is 23.1 Å². The molecule has 1 amide bonds. The molecule has 2 aromatic rings. The number of hydrogen-bond acceptors (Lipinski definition) is 7. The number of hydrogen-bond donors (Lipinski definition) is 1. The predicted molar refractivity (Wildman–Crippen MR) is 103 cm³/mol. The summed E-state index contributed by atoms with van der Waals surface area (Å²) >= 11 is 0.933. The fraction of sp³-hybridized carbons (Fsp3) is 0.588. The number of hydrazone groups is 1. The summed E-state index contributed by atoms with van der Waals surface area (Å²) in [6, 6.07) is 1.85. The molecule has 1 atom stereocenters. The van der Waals surface area contributed by atoms with Crippen LogP contribution in [0.15, 0.2) is 16.3 Å². The molecule has 1 unspecified atom stereocenters. The maximum absolute atomic E-state index is 13.2. The van der Waals surface area contributed by atoms with E-state index in [0.29, 0.717) is 23.2 Å². The first kappa shape index (κ1) is 22.3. The smallest absolute Gasteiger partial charge is 0.362 e. The second-order valence-corrected chi connectivity index (χ2v) is 8.36. The maximum Gasteiger partial charge on any atom is 0.438 e. The fourth-order valence-electron chi connectivity index (χ4n) is 2.91. The van der Waals surface area contributed by atoms with Gasteiger partial charge in [-0.05, 0) is 18.9 Å². The molecule has 0 aromatic carbocycles. The molecule has 0 bridgehead atoms. The second kappa shape index (κ2) is 8.02. The van der Waals surface area contributed by atoms with Crippen molar-refractivity contribution in [3.8, 4) is 11.5 Å². The van der Waals surface area contributed by atoms with Crippen LogP contribution in [0.5, 0.6) is 0 Å². The number of amides is 1. The monoisotopic (exact) mass is 445 g/mol. The molecule has 3 rings (SSSR count). The molecule has 9 nitrogen and oxygen atoms in total. The number of aromatic nitrogens is 5. The van der Waals surface area contributed by atoms with Crippen LogP contribution in [0.3, 0.4) is 0 Å². The van der Waals surface area contributed by atoms with E-state index >= 15 is 0 Å². The number of thioether (sulfide) groups is 1. The number of carbonyl (C=O) groups excluding carboxylic acids is 1. The van der Waals surface area contributed by atoms with Crippen molar-refractivity contribution in [3.63, 3.8) is 0 Å². The van der Waals surface area contributed by atoms with Gasteiger partial charge in [0, 0.05) is 31.9 Å². The lowest BCUT2D eigenvalue weighted by Gasteiger charge is -2.32. The molecule has 0 saturated heterocycles. The topological polar surface area (TPSA) is 101 Å². The van der Waals surface area contributed by atoms with Gasteiger partial charge in [-0.15, -0.1) is 10.2 Å². The molecule has 2 aromatic heterocycles. The molecule has 0 fully saturated rings. The van der Waals surface area contributed by atoms with E-state index < -0.39 is 30.0 Å². The van der Waals surface area contributed by atoms with E-state index in [-0.39, 0.29) is 10.9 Å². The minimum Gasteiger partial charge on any atom is -0.362 e. The van der Waals surface area contributed by atoms with Crippen LogP contribution in [-0.4, -0.2) is 64.4 Å². The molecule has 3 heterocycles. The van der Waals surface area contributed by atoms with Crippen molar-refractivity contribution in [2.45, 2.75) is 50.8 Å². The Morgan fingerprint density at radius 3 is 2.63 bits per heavy atom. The van der Waals surface area contributed by atoms with Crippen molar-refractivity contribution in [2.24, 2.45) is 18.1 Å². The zero-order chi connectivity index (χ0) is 22.3. The standard InChI is InChI=1S/C17H22F3N7O2S/c1-10(2)8-26-14(12-7-11(3)25(4)24-12)22-23-15(26)30-9-13(28)27-16(29,5-6-21-27)17(18,19)20/h6-7,10,29H,5,8-9H2,1-4H3. The summed E-state index contributed by atoms with van der Waals surface area (Å²) in [7, 11) is 1.80. The summed E-state index contributed by atoms with van der Waals surface area (Å²) in [6.45, 7) is 6.42. The van der Waals surface area contributed by atoms with Gasteiger partial charge in [0.05, 0.1) is 5.75 Å². The number of alkyl halides is 3. The largest absolute Gasteiger partial charge is 0.438 e. The van der Waals surface area contributed by atoms with Crippen LogP contribution in [0.2, 0.25) is 0 Å². The highest BCUT2D eigenvalue weighted by molar-refractivity contribution is 7.99. The first-order valence-electron chi connectivity index (χ1n) is 9.15. The Kier molecular flexibility index (Phi) is 5.96. The third kappa shape index (κ3) is 4.08. The summed E-state index contributed by atoms with van der Waals surface area (Å²) in [5.74, 6) is -0.651. The summed E-state index contributed by atoms with van der Waals surface area (Å²) in [6.07, 6.45) is -4.95. The molecule has 1 N–H and O–H groups in total. The average molecular weight is 445 g/mol. The van der Waals surface area contributed by atoms with E-state index in [4.69, 9.17) is 0 Å². The first-order chi connectivity index (χ1) is 13.9. The lowest BCUT2D eigenvalue weighted by molar-refractivity contribution is -0.301. The summed E-state index contributed by atoms with van der Waals surface area (Å²) in [4.78, 5) is 12.4. The number of carbonyl (C=O) groups is 1. The Bertz CT molecular complexity index is 950. The molecular formula is C17H22F3N7O2S. The minimum atomic E-state index is -5.02. The van der Waals surface area contributed by atoms with Crippen LogP contribution in [0.1, 0.15) is 26.0 Å². The van der Waals surface area contributed by atoms with Gasteiger partial charge in [0.1, 0.15) is 5.69 Å². The van der Waals surface area contributed by atoms with E-state index in [1.807, 2.05) is 26.8 Å². The highest BCUT2D eigenvalue weighted by atomic mass is 32.2. The van der Waals surface area contributed by atoms with Crippen molar-refractivity contribution < 1.29 is 23.1 Å².